The summed E-state index contributed by atoms with van der Waals surface area (Å²) in [7, 11) is 1.31. The Morgan fingerprint density at radius 1 is 0.909 bits per heavy atom. The molecule has 2 aromatic rings. The fourth-order valence-corrected chi connectivity index (χ4v) is 3.40. The van der Waals surface area contributed by atoms with E-state index in [1.165, 1.54) is 7.11 Å². The average Bonchev–Trinajstić information content (AvgIpc) is 2.82. The number of ether oxygens (including phenoxy) is 3. The molecule has 0 aliphatic carbocycles. The Morgan fingerprint density at radius 2 is 1.55 bits per heavy atom. The summed E-state index contributed by atoms with van der Waals surface area (Å²) in [6, 6.07) is 13.7. The van der Waals surface area contributed by atoms with E-state index in [2.05, 4.69) is 26.1 Å². The van der Waals surface area contributed by atoms with Gasteiger partial charge in [-0.2, -0.15) is 0 Å². The van der Waals surface area contributed by atoms with Crippen LogP contribution in [-0.4, -0.2) is 32.2 Å². The molecular weight excluding hydrogens is 418 g/mol. The number of hydrogen-bond donors (Lipinski definition) is 1. The van der Waals surface area contributed by atoms with Gasteiger partial charge in [-0.05, 0) is 54.2 Å². The molecular formula is C27H37NO5. The summed E-state index contributed by atoms with van der Waals surface area (Å²) in [5.74, 6) is 1.21. The summed E-state index contributed by atoms with van der Waals surface area (Å²) in [6.07, 6.45) is 4.47. The zero-order valence-corrected chi connectivity index (χ0v) is 20.3. The van der Waals surface area contributed by atoms with Crippen LogP contribution in [-0.2, 0) is 20.7 Å². The van der Waals surface area contributed by atoms with E-state index in [9.17, 15) is 9.59 Å². The Labute approximate surface area is 197 Å². The normalized spacial score (nSPS) is 12.5. The lowest BCUT2D eigenvalue weighted by atomic mass is 10.1. The number of hydrogen-bond acceptors (Lipinski definition) is 5. The number of benzene rings is 2. The molecule has 1 N–H and O–H groups in total. The van der Waals surface area contributed by atoms with Gasteiger partial charge in [-0.15, -0.1) is 0 Å². The maximum Gasteiger partial charge on any atom is 0.333 e. The van der Waals surface area contributed by atoms with Crippen LogP contribution in [0.15, 0.2) is 48.5 Å². The number of esters is 1. The van der Waals surface area contributed by atoms with E-state index < -0.39 is 12.0 Å². The third kappa shape index (κ3) is 9.16. The zero-order valence-electron chi connectivity index (χ0n) is 20.3. The molecule has 6 nitrogen and oxygen atoms in total. The Kier molecular flexibility index (Phi) is 11.3. The average molecular weight is 456 g/mol. The smallest absolute Gasteiger partial charge is 0.333 e. The molecule has 2 rings (SSSR count). The summed E-state index contributed by atoms with van der Waals surface area (Å²) < 4.78 is 16.4. The third-order valence-corrected chi connectivity index (χ3v) is 5.33. The summed E-state index contributed by atoms with van der Waals surface area (Å²) in [5.41, 5.74) is 1.48. The number of amides is 1. The predicted octanol–water partition coefficient (Wildman–Crippen LogP) is 5.25. The highest BCUT2D eigenvalue weighted by molar-refractivity contribution is 5.86. The predicted molar refractivity (Wildman–Crippen MR) is 129 cm³/mol. The van der Waals surface area contributed by atoms with Crippen LogP contribution >= 0.6 is 0 Å². The number of carbonyl (C=O) groups is 2. The Morgan fingerprint density at radius 3 is 2.15 bits per heavy atom. The first kappa shape index (κ1) is 26.2. The van der Waals surface area contributed by atoms with E-state index in [0.29, 0.717) is 24.7 Å². The molecule has 2 atom stereocenters. The van der Waals surface area contributed by atoms with Crippen LogP contribution in [0.3, 0.4) is 0 Å². The lowest BCUT2D eigenvalue weighted by molar-refractivity contribution is -0.145. The fraction of sp³-hybridized carbons (Fsp3) is 0.481. The first-order chi connectivity index (χ1) is 16.0. The standard InChI is InChI=1S/C27H37NO5/c1-5-7-17-32-23-13-9-21(10-14-23)18-25(29)28-26(27(30)31-4)22-11-15-24(16-12-22)33-19-20(3)8-6-2/h9-16,20,26H,5-8,17-19H2,1-4H3,(H,28,29)/t20?,26-/m1/s1. The minimum atomic E-state index is -0.882. The topological polar surface area (TPSA) is 73.9 Å². The van der Waals surface area contributed by atoms with Crippen LogP contribution in [0.2, 0.25) is 0 Å². The highest BCUT2D eigenvalue weighted by Gasteiger charge is 2.23. The number of rotatable bonds is 14. The molecule has 0 bridgehead atoms. The van der Waals surface area contributed by atoms with Crippen LogP contribution in [0.25, 0.3) is 0 Å². The van der Waals surface area contributed by atoms with E-state index in [4.69, 9.17) is 14.2 Å². The largest absolute Gasteiger partial charge is 0.494 e. The monoisotopic (exact) mass is 455 g/mol. The quantitative estimate of drug-likeness (QED) is 0.311. The number of unbranched alkanes of at least 4 members (excludes halogenated alkanes) is 1. The van der Waals surface area contributed by atoms with Crippen LogP contribution in [0, 0.1) is 5.92 Å². The van der Waals surface area contributed by atoms with Gasteiger partial charge in [0.15, 0.2) is 6.04 Å². The zero-order chi connectivity index (χ0) is 24.1. The molecule has 1 amide bonds. The summed E-state index contributed by atoms with van der Waals surface area (Å²) in [6.45, 7) is 7.76. The molecule has 0 radical (unpaired) electrons. The van der Waals surface area contributed by atoms with E-state index in [1.807, 2.05) is 36.4 Å². The van der Waals surface area contributed by atoms with Crippen LogP contribution in [0.5, 0.6) is 11.5 Å². The number of methoxy groups -OCH3 is 1. The number of carbonyl (C=O) groups excluding carboxylic acids is 2. The second kappa shape index (κ2) is 14.2. The first-order valence-electron chi connectivity index (χ1n) is 11.8. The molecule has 0 saturated carbocycles. The second-order valence-corrected chi connectivity index (χ2v) is 8.32. The Hall–Kier alpha value is -3.02. The molecule has 0 fully saturated rings. The van der Waals surface area contributed by atoms with Gasteiger partial charge in [0.1, 0.15) is 11.5 Å². The van der Waals surface area contributed by atoms with Crippen LogP contribution in [0.1, 0.15) is 63.6 Å². The summed E-state index contributed by atoms with van der Waals surface area (Å²) in [5, 5.41) is 2.79. The van der Waals surface area contributed by atoms with Crippen molar-refractivity contribution in [2.24, 2.45) is 5.92 Å². The van der Waals surface area contributed by atoms with Crippen molar-refractivity contribution < 1.29 is 23.8 Å². The summed E-state index contributed by atoms with van der Waals surface area (Å²) in [4.78, 5) is 25.0. The van der Waals surface area contributed by atoms with Gasteiger partial charge >= 0.3 is 5.97 Å². The van der Waals surface area contributed by atoms with Gasteiger partial charge in [-0.3, -0.25) is 4.79 Å². The maximum atomic E-state index is 12.6. The van der Waals surface area contributed by atoms with E-state index in [0.717, 1.165) is 42.7 Å². The van der Waals surface area contributed by atoms with Crippen molar-refractivity contribution in [1.82, 2.24) is 5.32 Å². The van der Waals surface area contributed by atoms with Gasteiger partial charge in [0.25, 0.3) is 0 Å². The first-order valence-corrected chi connectivity index (χ1v) is 11.8. The second-order valence-electron chi connectivity index (χ2n) is 8.32. The van der Waals surface area contributed by atoms with Crippen molar-refractivity contribution in [2.75, 3.05) is 20.3 Å². The molecule has 2 aromatic carbocycles. The van der Waals surface area contributed by atoms with E-state index in [1.54, 1.807) is 12.1 Å². The van der Waals surface area contributed by atoms with Crippen LogP contribution in [0.4, 0.5) is 0 Å². The minimum absolute atomic E-state index is 0.152. The molecule has 180 valence electrons. The molecule has 0 aromatic heterocycles. The van der Waals surface area contributed by atoms with Crippen molar-refractivity contribution in [1.29, 1.82) is 0 Å². The molecule has 33 heavy (non-hydrogen) atoms. The molecule has 0 saturated heterocycles. The van der Waals surface area contributed by atoms with Gasteiger partial charge in [0.2, 0.25) is 5.91 Å². The molecule has 6 heteroatoms. The lowest BCUT2D eigenvalue weighted by Crippen LogP contribution is -2.35. The third-order valence-electron chi connectivity index (χ3n) is 5.33. The van der Waals surface area contributed by atoms with Gasteiger partial charge in [-0.1, -0.05) is 57.9 Å². The van der Waals surface area contributed by atoms with Crippen molar-refractivity contribution in [3.05, 3.63) is 59.7 Å². The molecule has 0 spiro atoms. The maximum absolute atomic E-state index is 12.6. The number of nitrogens with one attached hydrogen (secondary N) is 1. The van der Waals surface area contributed by atoms with Gasteiger partial charge in [-0.25, -0.2) is 4.79 Å². The van der Waals surface area contributed by atoms with E-state index in [-0.39, 0.29) is 12.3 Å². The van der Waals surface area contributed by atoms with Crippen LogP contribution < -0.4 is 14.8 Å². The van der Waals surface area contributed by atoms with Crippen molar-refractivity contribution in [3.8, 4) is 11.5 Å². The molecule has 0 heterocycles. The Balaban J connectivity index is 1.96. The SMILES string of the molecule is CCCCOc1ccc(CC(=O)N[C@@H](C(=O)OC)c2ccc(OCC(C)CCC)cc2)cc1. The molecule has 0 aliphatic rings. The van der Waals surface area contributed by atoms with Crippen molar-refractivity contribution in [2.45, 2.75) is 58.9 Å². The molecule has 1 unspecified atom stereocenters. The highest BCUT2D eigenvalue weighted by atomic mass is 16.5. The van der Waals surface area contributed by atoms with Crippen molar-refractivity contribution >= 4 is 11.9 Å². The fourth-order valence-electron chi connectivity index (χ4n) is 3.40. The Bertz CT molecular complexity index is 848. The van der Waals surface area contributed by atoms with Gasteiger partial charge in [0, 0.05) is 0 Å². The van der Waals surface area contributed by atoms with E-state index >= 15 is 0 Å². The van der Waals surface area contributed by atoms with Gasteiger partial charge < -0.3 is 19.5 Å². The highest BCUT2D eigenvalue weighted by Crippen LogP contribution is 2.21. The molecule has 0 aliphatic heterocycles. The lowest BCUT2D eigenvalue weighted by Gasteiger charge is -2.18. The van der Waals surface area contributed by atoms with Gasteiger partial charge in [0.05, 0.1) is 26.7 Å². The minimum Gasteiger partial charge on any atom is -0.494 e. The van der Waals surface area contributed by atoms with Crippen molar-refractivity contribution in [3.63, 3.8) is 0 Å². The summed E-state index contributed by atoms with van der Waals surface area (Å²) >= 11 is 0.